The lowest BCUT2D eigenvalue weighted by Gasteiger charge is -2.13. The molecule has 2 aromatic rings. The van der Waals surface area contributed by atoms with Gasteiger partial charge in [0, 0.05) is 5.75 Å². The first-order valence-electron chi connectivity index (χ1n) is 7.36. The van der Waals surface area contributed by atoms with Crippen LogP contribution in [0.4, 0.5) is 19.1 Å². The monoisotopic (exact) mass is 385 g/mol. The molecule has 11 heteroatoms. The summed E-state index contributed by atoms with van der Waals surface area (Å²) in [7, 11) is 0. The van der Waals surface area contributed by atoms with Crippen LogP contribution >= 0.6 is 11.8 Å². The van der Waals surface area contributed by atoms with Crippen molar-refractivity contribution in [3.05, 3.63) is 29.1 Å². The number of nitriles is 1. The molecule has 0 aliphatic rings. The standard InChI is InChI=1S/C15H14F3N5O2S/c1-8(2)23-6-13(25-22-23)21-12(24)7-26-14-10(5-19)9(3)4-11(20-14)15(16,17)18/h4,6,8H,7H2,1-3H3. The van der Waals surface area contributed by atoms with Crippen LogP contribution in [-0.2, 0) is 6.18 Å². The zero-order valence-electron chi connectivity index (χ0n) is 14.0. The zero-order chi connectivity index (χ0) is 19.5. The molecule has 0 N–H and O–H groups in total. The number of halogens is 3. The second-order valence-electron chi connectivity index (χ2n) is 5.52. The minimum atomic E-state index is -4.65. The van der Waals surface area contributed by atoms with Gasteiger partial charge >= 0.3 is 12.1 Å². The van der Waals surface area contributed by atoms with Crippen LogP contribution in [0.3, 0.4) is 0 Å². The fourth-order valence-corrected chi connectivity index (χ4v) is 2.69. The van der Waals surface area contributed by atoms with Gasteiger partial charge in [-0.3, -0.25) is 4.52 Å². The Kier molecular flexibility index (Phi) is 5.86. The minimum absolute atomic E-state index is 0.00638. The average Bonchev–Trinajstić information content (AvgIpc) is 3.00. The summed E-state index contributed by atoms with van der Waals surface area (Å²) in [4.78, 5) is 7.15. The molecule has 0 fully saturated rings. The van der Waals surface area contributed by atoms with Gasteiger partial charge in [-0.05, 0) is 43.0 Å². The maximum absolute atomic E-state index is 12.9. The van der Waals surface area contributed by atoms with E-state index in [-0.39, 0.29) is 33.8 Å². The van der Waals surface area contributed by atoms with Gasteiger partial charge in [-0.15, -0.1) is 0 Å². The van der Waals surface area contributed by atoms with Crippen molar-refractivity contribution in [1.29, 1.82) is 5.26 Å². The van der Waals surface area contributed by atoms with E-state index >= 15 is 0 Å². The highest BCUT2D eigenvalue weighted by Gasteiger charge is 2.33. The topological polar surface area (TPSA) is 102 Å². The van der Waals surface area contributed by atoms with Crippen molar-refractivity contribution in [2.45, 2.75) is 38.0 Å². The quantitative estimate of drug-likeness (QED) is 0.339. The number of hydrogen-bond donors (Lipinski definition) is 0. The Morgan fingerprint density at radius 2 is 2.19 bits per heavy atom. The van der Waals surface area contributed by atoms with E-state index < -0.39 is 17.8 Å². The number of thioether (sulfide) groups is 1. The van der Waals surface area contributed by atoms with Crippen LogP contribution in [0.15, 0.2) is 26.8 Å². The third-order valence-corrected chi connectivity index (χ3v) is 4.11. The van der Waals surface area contributed by atoms with Crippen LogP contribution in [0.2, 0.25) is 0 Å². The number of nitrogens with zero attached hydrogens (tertiary/aromatic N) is 5. The summed E-state index contributed by atoms with van der Waals surface area (Å²) >= 11 is 0.711. The van der Waals surface area contributed by atoms with Gasteiger partial charge in [-0.25, -0.2) is 9.98 Å². The van der Waals surface area contributed by atoms with E-state index in [0.29, 0.717) is 11.8 Å². The molecule has 2 aromatic heterocycles. The van der Waals surface area contributed by atoms with Crippen molar-refractivity contribution in [1.82, 2.24) is 10.3 Å². The summed E-state index contributed by atoms with van der Waals surface area (Å²) in [6.45, 7) is 5.09. The van der Waals surface area contributed by atoms with E-state index in [1.807, 2.05) is 19.9 Å². The molecular formula is C15H14F3N5O2S. The summed E-state index contributed by atoms with van der Waals surface area (Å²) in [5.41, 5.74) is -0.989. The lowest BCUT2D eigenvalue weighted by Crippen LogP contribution is -2.36. The summed E-state index contributed by atoms with van der Waals surface area (Å²) in [5, 5.41) is 24.5. The highest BCUT2D eigenvalue weighted by atomic mass is 32.2. The van der Waals surface area contributed by atoms with Crippen LogP contribution < -0.4 is 9.79 Å². The van der Waals surface area contributed by atoms with E-state index in [9.17, 15) is 18.3 Å². The Morgan fingerprint density at radius 1 is 1.50 bits per heavy atom. The Morgan fingerprint density at radius 3 is 2.73 bits per heavy atom. The summed E-state index contributed by atoms with van der Waals surface area (Å²) in [5.74, 6) is -0.967. The van der Waals surface area contributed by atoms with Crippen molar-refractivity contribution < 1.29 is 27.5 Å². The van der Waals surface area contributed by atoms with E-state index in [4.69, 9.17) is 9.78 Å². The lowest BCUT2D eigenvalue weighted by atomic mass is 10.1. The van der Waals surface area contributed by atoms with Gasteiger partial charge < -0.3 is 5.11 Å². The smallest absolute Gasteiger partial charge is 0.433 e. The highest BCUT2D eigenvalue weighted by Crippen LogP contribution is 2.32. The molecule has 0 spiro atoms. The molecule has 7 nitrogen and oxygen atoms in total. The molecule has 0 amide bonds. The molecule has 0 atom stereocenters. The molecule has 2 rings (SSSR count). The molecule has 26 heavy (non-hydrogen) atoms. The molecule has 2 heterocycles. The number of pyridine rings is 1. The number of rotatable bonds is 5. The Balaban J connectivity index is 2.21. The molecule has 0 saturated heterocycles. The Hall–Kier alpha value is -2.61. The number of aryl methyl sites for hydroxylation is 1. The van der Waals surface area contributed by atoms with E-state index in [1.165, 1.54) is 17.8 Å². The van der Waals surface area contributed by atoms with Gasteiger partial charge in [0.1, 0.15) is 16.8 Å². The molecule has 0 bridgehead atoms. The van der Waals surface area contributed by atoms with Crippen molar-refractivity contribution in [3.63, 3.8) is 0 Å². The number of aromatic nitrogens is 3. The molecule has 0 radical (unpaired) electrons. The first kappa shape index (κ1) is 19.7. The SMILES string of the molecule is Cc1cc(C(F)(F)F)nc(SC/C([O-])=N/c2c[n+](C(C)C)no2)c1C#N. The summed E-state index contributed by atoms with van der Waals surface area (Å²) < 4.78 is 45.0. The number of hydrogen-bond acceptors (Lipinski definition) is 7. The molecule has 0 aliphatic heterocycles. The molecule has 0 saturated carbocycles. The second-order valence-corrected chi connectivity index (χ2v) is 6.49. The molecule has 0 aromatic carbocycles. The van der Waals surface area contributed by atoms with Crippen molar-refractivity contribution in [3.8, 4) is 6.07 Å². The predicted molar refractivity (Wildman–Crippen MR) is 83.6 cm³/mol. The van der Waals surface area contributed by atoms with E-state index in [2.05, 4.69) is 15.2 Å². The molecule has 0 aliphatic carbocycles. The van der Waals surface area contributed by atoms with Crippen LogP contribution in [0, 0.1) is 18.3 Å². The van der Waals surface area contributed by atoms with Gasteiger partial charge in [-0.2, -0.15) is 18.4 Å². The summed E-state index contributed by atoms with van der Waals surface area (Å²) in [6, 6.07) is 2.62. The highest BCUT2D eigenvalue weighted by molar-refractivity contribution is 7.99. The van der Waals surface area contributed by atoms with Crippen molar-refractivity contribution in [2.24, 2.45) is 4.99 Å². The van der Waals surface area contributed by atoms with Crippen molar-refractivity contribution >= 4 is 23.5 Å². The van der Waals surface area contributed by atoms with Crippen molar-refractivity contribution in [2.75, 3.05) is 5.75 Å². The maximum atomic E-state index is 12.9. The van der Waals surface area contributed by atoms with E-state index in [0.717, 1.165) is 6.07 Å². The first-order chi connectivity index (χ1) is 12.1. The van der Waals surface area contributed by atoms with Gasteiger partial charge in [0.25, 0.3) is 6.20 Å². The predicted octanol–water partition coefficient (Wildman–Crippen LogP) is 2.32. The maximum Gasteiger partial charge on any atom is 0.433 e. The Labute approximate surface area is 151 Å². The fourth-order valence-electron chi connectivity index (χ4n) is 1.86. The normalized spacial score (nSPS) is 12.5. The third kappa shape index (κ3) is 4.72. The molecule has 0 unspecified atom stereocenters. The number of aliphatic imine (C=N–C) groups is 1. The van der Waals surface area contributed by atoms with Crippen LogP contribution in [0.25, 0.3) is 0 Å². The first-order valence-corrected chi connectivity index (χ1v) is 8.34. The average molecular weight is 385 g/mol. The number of alkyl halides is 3. The van der Waals surface area contributed by atoms with Gasteiger partial charge in [0.15, 0.2) is 6.04 Å². The van der Waals surface area contributed by atoms with Gasteiger partial charge in [0.2, 0.25) is 5.27 Å². The molecular weight excluding hydrogens is 371 g/mol. The minimum Gasteiger partial charge on any atom is -0.861 e. The Bertz CT molecular complexity index is 871. The van der Waals surface area contributed by atoms with Crippen LogP contribution in [0.5, 0.6) is 0 Å². The third-order valence-electron chi connectivity index (χ3n) is 3.15. The fraction of sp³-hybridized carbons (Fsp3) is 0.400. The van der Waals surface area contributed by atoms with Crippen LogP contribution in [0.1, 0.15) is 36.7 Å². The van der Waals surface area contributed by atoms with Gasteiger partial charge in [0.05, 0.1) is 5.56 Å². The van der Waals surface area contributed by atoms with E-state index in [1.54, 1.807) is 0 Å². The second kappa shape index (κ2) is 7.74. The van der Waals surface area contributed by atoms with Gasteiger partial charge in [-0.1, -0.05) is 11.8 Å². The largest absolute Gasteiger partial charge is 0.861 e. The zero-order valence-corrected chi connectivity index (χ0v) is 14.9. The lowest BCUT2D eigenvalue weighted by molar-refractivity contribution is -0.779. The summed E-state index contributed by atoms with van der Waals surface area (Å²) in [6.07, 6.45) is -3.21. The molecule has 138 valence electrons. The van der Waals surface area contributed by atoms with Crippen LogP contribution in [-0.4, -0.2) is 21.9 Å².